The summed E-state index contributed by atoms with van der Waals surface area (Å²) in [6.45, 7) is 0.780. The van der Waals surface area contributed by atoms with Crippen molar-refractivity contribution in [3.63, 3.8) is 0 Å². The summed E-state index contributed by atoms with van der Waals surface area (Å²) in [4.78, 5) is 11.8. The fourth-order valence-electron chi connectivity index (χ4n) is 1.75. The number of benzene rings is 2. The lowest BCUT2D eigenvalue weighted by atomic mass is 10.2. The fraction of sp³-hybridized carbons (Fsp3) is 0.125. The quantitative estimate of drug-likeness (QED) is 0.631. The van der Waals surface area contributed by atoms with Crippen molar-refractivity contribution in [3.05, 3.63) is 60.2 Å². The predicted octanol–water partition coefficient (Wildman–Crippen LogP) is 2.12. The van der Waals surface area contributed by atoms with Crippen LogP contribution in [0.1, 0.15) is 10.4 Å². The van der Waals surface area contributed by atoms with E-state index in [0.29, 0.717) is 24.5 Å². The number of carbonyl (C=O) groups is 1. The van der Waals surface area contributed by atoms with Crippen LogP contribution >= 0.6 is 12.2 Å². The van der Waals surface area contributed by atoms with Crippen molar-refractivity contribution in [1.29, 1.82) is 0 Å². The minimum absolute atomic E-state index is 0.0624. The molecule has 6 heteroatoms. The van der Waals surface area contributed by atoms with Crippen LogP contribution in [0.2, 0.25) is 0 Å². The maximum absolute atomic E-state index is 11.8. The average molecular weight is 316 g/mol. The van der Waals surface area contributed by atoms with E-state index in [-0.39, 0.29) is 11.0 Å². The molecular formula is C16H16N2O3S. The Kier molecular flexibility index (Phi) is 5.73. The average Bonchev–Trinajstić information content (AvgIpc) is 2.52. The molecule has 0 fully saturated rings. The van der Waals surface area contributed by atoms with E-state index < -0.39 is 0 Å². The van der Waals surface area contributed by atoms with Crippen molar-refractivity contribution < 1.29 is 14.3 Å². The second-order valence-corrected chi connectivity index (χ2v) is 4.80. The van der Waals surface area contributed by atoms with Crippen LogP contribution < -0.4 is 20.5 Å². The third-order valence-electron chi connectivity index (χ3n) is 2.70. The van der Waals surface area contributed by atoms with Gasteiger partial charge in [0.05, 0.1) is 0 Å². The Labute approximate surface area is 134 Å². The van der Waals surface area contributed by atoms with Crippen LogP contribution in [0.15, 0.2) is 54.6 Å². The monoisotopic (exact) mass is 316 g/mol. The number of hydrogen-bond acceptors (Lipinski definition) is 4. The summed E-state index contributed by atoms with van der Waals surface area (Å²) in [5, 5.41) is 2.30. The lowest BCUT2D eigenvalue weighted by molar-refractivity contribution is 0.0977. The summed E-state index contributed by atoms with van der Waals surface area (Å²) in [5.41, 5.74) is 5.70. The van der Waals surface area contributed by atoms with Crippen molar-refractivity contribution in [2.45, 2.75) is 0 Å². The van der Waals surface area contributed by atoms with Crippen LogP contribution in [0, 0.1) is 0 Å². The molecule has 0 bridgehead atoms. The van der Waals surface area contributed by atoms with Gasteiger partial charge in [-0.1, -0.05) is 24.3 Å². The lowest BCUT2D eigenvalue weighted by Crippen LogP contribution is -2.34. The second-order valence-electron chi connectivity index (χ2n) is 4.36. The number of hydrogen-bond donors (Lipinski definition) is 2. The van der Waals surface area contributed by atoms with Gasteiger partial charge in [-0.05, 0) is 42.5 Å². The van der Waals surface area contributed by atoms with Crippen molar-refractivity contribution in [1.82, 2.24) is 5.32 Å². The molecule has 1 amide bonds. The van der Waals surface area contributed by atoms with Crippen molar-refractivity contribution >= 4 is 23.2 Å². The van der Waals surface area contributed by atoms with Gasteiger partial charge >= 0.3 is 0 Å². The SMILES string of the molecule is NC(=S)NC(=O)c1cccc(OCCOc2ccccc2)c1. The van der Waals surface area contributed by atoms with Crippen LogP contribution in [0.3, 0.4) is 0 Å². The molecule has 0 radical (unpaired) electrons. The van der Waals surface area contributed by atoms with E-state index in [0.717, 1.165) is 5.75 Å². The molecule has 0 aromatic heterocycles. The van der Waals surface area contributed by atoms with Gasteiger partial charge < -0.3 is 15.2 Å². The van der Waals surface area contributed by atoms with Crippen LogP contribution in [0.5, 0.6) is 11.5 Å². The zero-order valence-corrected chi connectivity index (χ0v) is 12.6. The Balaban J connectivity index is 1.83. The van der Waals surface area contributed by atoms with E-state index in [1.54, 1.807) is 24.3 Å². The smallest absolute Gasteiger partial charge is 0.257 e. The van der Waals surface area contributed by atoms with E-state index in [1.807, 2.05) is 30.3 Å². The van der Waals surface area contributed by atoms with Gasteiger partial charge in [-0.3, -0.25) is 10.1 Å². The summed E-state index contributed by atoms with van der Waals surface area (Å²) in [5.74, 6) is 1.00. The minimum atomic E-state index is -0.363. The summed E-state index contributed by atoms with van der Waals surface area (Å²) < 4.78 is 11.1. The van der Waals surface area contributed by atoms with E-state index in [9.17, 15) is 4.79 Å². The first-order chi connectivity index (χ1) is 10.6. The Hall–Kier alpha value is -2.60. The number of thiocarbonyl (C=S) groups is 1. The third kappa shape index (κ3) is 5.06. The summed E-state index contributed by atoms with van der Waals surface area (Å²) in [6, 6.07) is 16.2. The zero-order valence-electron chi connectivity index (χ0n) is 11.8. The van der Waals surface area contributed by atoms with Gasteiger partial charge in [-0.25, -0.2) is 0 Å². The first-order valence-electron chi connectivity index (χ1n) is 6.66. The molecule has 2 rings (SSSR count). The molecule has 2 aromatic carbocycles. The first-order valence-corrected chi connectivity index (χ1v) is 7.07. The van der Waals surface area contributed by atoms with E-state index >= 15 is 0 Å². The van der Waals surface area contributed by atoms with Gasteiger partial charge in [0.15, 0.2) is 5.11 Å². The number of ether oxygens (including phenoxy) is 2. The van der Waals surface area contributed by atoms with Gasteiger partial charge in [0.1, 0.15) is 24.7 Å². The Bertz CT molecular complexity index is 647. The van der Waals surface area contributed by atoms with Crippen LogP contribution in [0.4, 0.5) is 0 Å². The highest BCUT2D eigenvalue weighted by molar-refractivity contribution is 7.80. The van der Waals surface area contributed by atoms with E-state index in [4.69, 9.17) is 15.2 Å². The normalized spacial score (nSPS) is 9.82. The number of rotatable bonds is 6. The Morgan fingerprint density at radius 1 is 1.00 bits per heavy atom. The number of amides is 1. The Morgan fingerprint density at radius 2 is 1.64 bits per heavy atom. The number of nitrogens with two attached hydrogens (primary N) is 1. The molecule has 0 aliphatic rings. The zero-order chi connectivity index (χ0) is 15.8. The lowest BCUT2D eigenvalue weighted by Gasteiger charge is -2.09. The molecule has 22 heavy (non-hydrogen) atoms. The first kappa shape index (κ1) is 15.8. The van der Waals surface area contributed by atoms with Gasteiger partial charge in [0.25, 0.3) is 5.91 Å². The molecule has 0 saturated carbocycles. The number of carbonyl (C=O) groups excluding carboxylic acids is 1. The summed E-state index contributed by atoms with van der Waals surface area (Å²) in [6.07, 6.45) is 0. The maximum Gasteiger partial charge on any atom is 0.257 e. The van der Waals surface area contributed by atoms with Crippen LogP contribution in [0.25, 0.3) is 0 Å². The molecule has 0 aliphatic carbocycles. The van der Waals surface area contributed by atoms with Crippen LogP contribution in [-0.2, 0) is 0 Å². The molecule has 5 nitrogen and oxygen atoms in total. The molecule has 0 heterocycles. The summed E-state index contributed by atoms with van der Waals surface area (Å²) >= 11 is 4.63. The van der Waals surface area contributed by atoms with Gasteiger partial charge in [-0.15, -0.1) is 0 Å². The maximum atomic E-state index is 11.8. The molecule has 114 valence electrons. The molecule has 0 spiro atoms. The molecule has 0 unspecified atom stereocenters. The van der Waals surface area contributed by atoms with Gasteiger partial charge in [-0.2, -0.15) is 0 Å². The molecule has 3 N–H and O–H groups in total. The minimum Gasteiger partial charge on any atom is -0.490 e. The molecule has 0 atom stereocenters. The molecular weight excluding hydrogens is 300 g/mol. The molecule has 0 saturated heterocycles. The highest BCUT2D eigenvalue weighted by Gasteiger charge is 2.07. The highest BCUT2D eigenvalue weighted by Crippen LogP contribution is 2.13. The van der Waals surface area contributed by atoms with Crippen molar-refractivity contribution in [2.24, 2.45) is 5.73 Å². The predicted molar refractivity (Wildman–Crippen MR) is 88.1 cm³/mol. The second kappa shape index (κ2) is 7.99. The van der Waals surface area contributed by atoms with E-state index in [2.05, 4.69) is 17.5 Å². The summed E-state index contributed by atoms with van der Waals surface area (Å²) in [7, 11) is 0. The topological polar surface area (TPSA) is 73.6 Å². The van der Waals surface area contributed by atoms with E-state index in [1.165, 1.54) is 0 Å². The highest BCUT2D eigenvalue weighted by atomic mass is 32.1. The van der Waals surface area contributed by atoms with Gasteiger partial charge in [0.2, 0.25) is 0 Å². The number of para-hydroxylation sites is 1. The Morgan fingerprint density at radius 3 is 2.32 bits per heavy atom. The molecule has 0 aliphatic heterocycles. The fourth-order valence-corrected chi connectivity index (χ4v) is 1.84. The standard InChI is InChI=1S/C16H16N2O3S/c17-16(22)18-15(19)12-5-4-8-14(11-12)21-10-9-20-13-6-2-1-3-7-13/h1-8,11H,9-10H2,(H3,17,18,19,22). The van der Waals surface area contributed by atoms with Crippen molar-refractivity contribution in [2.75, 3.05) is 13.2 Å². The largest absolute Gasteiger partial charge is 0.490 e. The third-order valence-corrected chi connectivity index (χ3v) is 2.80. The van der Waals surface area contributed by atoms with Gasteiger partial charge in [0, 0.05) is 5.56 Å². The molecule has 2 aromatic rings. The van der Waals surface area contributed by atoms with Crippen LogP contribution in [-0.4, -0.2) is 24.2 Å². The number of nitrogens with one attached hydrogen (secondary N) is 1. The van der Waals surface area contributed by atoms with Crippen molar-refractivity contribution in [3.8, 4) is 11.5 Å².